The second kappa shape index (κ2) is 7.63. The molecule has 4 nitrogen and oxygen atoms in total. The summed E-state index contributed by atoms with van der Waals surface area (Å²) in [5, 5.41) is 3.24. The van der Waals surface area contributed by atoms with Crippen LogP contribution in [-0.4, -0.2) is 43.0 Å². The highest BCUT2D eigenvalue weighted by Gasteiger charge is 2.29. The van der Waals surface area contributed by atoms with Crippen molar-refractivity contribution in [3.63, 3.8) is 0 Å². The summed E-state index contributed by atoms with van der Waals surface area (Å²) in [6.07, 6.45) is 2.90. The minimum absolute atomic E-state index is 0.258. The van der Waals surface area contributed by atoms with Gasteiger partial charge in [-0.2, -0.15) is 0 Å². The lowest BCUT2D eigenvalue weighted by Gasteiger charge is -2.29. The van der Waals surface area contributed by atoms with E-state index in [1.807, 2.05) is 6.92 Å². The molecular weight excluding hydrogens is 202 g/mol. The maximum Gasteiger partial charge on any atom is 0.237 e. The molecule has 0 radical (unpaired) electrons. The molecule has 0 aliphatic carbocycles. The fourth-order valence-electron chi connectivity index (χ4n) is 1.61. The fraction of sp³-hybridized carbons (Fsp3) is 0.917. The molecule has 0 fully saturated rings. The maximum absolute atomic E-state index is 11.4. The van der Waals surface area contributed by atoms with Crippen LogP contribution in [0.4, 0.5) is 0 Å². The summed E-state index contributed by atoms with van der Waals surface area (Å²) >= 11 is 0. The van der Waals surface area contributed by atoms with Crippen LogP contribution in [0.25, 0.3) is 0 Å². The van der Waals surface area contributed by atoms with Crippen LogP contribution in [0, 0.1) is 0 Å². The molecule has 1 unspecified atom stereocenters. The molecule has 0 rings (SSSR count). The third-order valence-electron chi connectivity index (χ3n) is 2.91. The summed E-state index contributed by atoms with van der Waals surface area (Å²) in [7, 11) is 2.07. The topological polar surface area (TPSA) is 58.4 Å². The number of primary amides is 1. The largest absolute Gasteiger partial charge is 0.368 e. The predicted octanol–water partition coefficient (Wildman–Crippen LogP) is 0.962. The van der Waals surface area contributed by atoms with E-state index in [9.17, 15) is 4.79 Å². The Kier molecular flexibility index (Phi) is 7.34. The Hall–Kier alpha value is -0.610. The molecule has 16 heavy (non-hydrogen) atoms. The van der Waals surface area contributed by atoms with Gasteiger partial charge in [0.05, 0.1) is 5.54 Å². The predicted molar refractivity (Wildman–Crippen MR) is 68.3 cm³/mol. The van der Waals surface area contributed by atoms with Crippen molar-refractivity contribution in [3.8, 4) is 0 Å². The van der Waals surface area contributed by atoms with Crippen LogP contribution in [-0.2, 0) is 4.79 Å². The number of nitrogens with zero attached hydrogens (tertiary/aromatic N) is 1. The summed E-state index contributed by atoms with van der Waals surface area (Å²) in [5.74, 6) is -0.258. The highest BCUT2D eigenvalue weighted by Crippen LogP contribution is 2.10. The molecule has 0 saturated heterocycles. The third kappa shape index (κ3) is 5.47. The Labute approximate surface area is 99.6 Å². The zero-order valence-corrected chi connectivity index (χ0v) is 11.2. The first-order chi connectivity index (χ1) is 7.46. The van der Waals surface area contributed by atoms with Gasteiger partial charge in [0, 0.05) is 6.54 Å². The van der Waals surface area contributed by atoms with E-state index in [4.69, 9.17) is 5.73 Å². The van der Waals surface area contributed by atoms with Gasteiger partial charge >= 0.3 is 0 Å². The van der Waals surface area contributed by atoms with Crippen LogP contribution >= 0.6 is 0 Å². The molecule has 0 aromatic rings. The lowest BCUT2D eigenvalue weighted by Crippen LogP contribution is -2.54. The van der Waals surface area contributed by atoms with Gasteiger partial charge < -0.3 is 16.0 Å². The number of amides is 1. The Morgan fingerprint density at radius 2 is 1.94 bits per heavy atom. The average molecular weight is 229 g/mol. The first-order valence-corrected chi connectivity index (χ1v) is 6.19. The van der Waals surface area contributed by atoms with Crippen LogP contribution in [0.1, 0.15) is 40.0 Å². The van der Waals surface area contributed by atoms with Gasteiger partial charge in [-0.15, -0.1) is 0 Å². The highest BCUT2D eigenvalue weighted by atomic mass is 16.1. The summed E-state index contributed by atoms with van der Waals surface area (Å²) in [6, 6.07) is 0. The summed E-state index contributed by atoms with van der Waals surface area (Å²) in [6.45, 7) is 8.91. The summed E-state index contributed by atoms with van der Waals surface area (Å²) in [5.41, 5.74) is 4.88. The van der Waals surface area contributed by atoms with Gasteiger partial charge in [0.2, 0.25) is 5.91 Å². The number of carbonyl (C=O) groups excluding carboxylic acids is 1. The molecule has 0 saturated carbocycles. The van der Waals surface area contributed by atoms with Crippen molar-refractivity contribution >= 4 is 5.91 Å². The smallest absolute Gasteiger partial charge is 0.237 e. The van der Waals surface area contributed by atoms with Crippen molar-refractivity contribution in [2.75, 3.05) is 26.7 Å². The van der Waals surface area contributed by atoms with Gasteiger partial charge in [0.1, 0.15) is 0 Å². The highest BCUT2D eigenvalue weighted by molar-refractivity contribution is 5.84. The fourth-order valence-corrected chi connectivity index (χ4v) is 1.61. The van der Waals surface area contributed by atoms with Crippen LogP contribution in [0.2, 0.25) is 0 Å². The summed E-state index contributed by atoms with van der Waals surface area (Å²) in [4.78, 5) is 13.7. The van der Waals surface area contributed by atoms with Gasteiger partial charge in [-0.25, -0.2) is 0 Å². The summed E-state index contributed by atoms with van der Waals surface area (Å²) < 4.78 is 0. The average Bonchev–Trinajstić information content (AvgIpc) is 2.24. The number of hydrogen-bond donors (Lipinski definition) is 2. The second-order valence-corrected chi connectivity index (χ2v) is 4.68. The lowest BCUT2D eigenvalue weighted by atomic mass is 9.96. The molecule has 0 aromatic carbocycles. The van der Waals surface area contributed by atoms with Crippen molar-refractivity contribution in [1.82, 2.24) is 10.2 Å². The van der Waals surface area contributed by atoms with Crippen molar-refractivity contribution in [3.05, 3.63) is 0 Å². The molecule has 4 heteroatoms. The molecule has 1 amide bonds. The van der Waals surface area contributed by atoms with Gasteiger partial charge in [-0.05, 0) is 46.3 Å². The zero-order chi connectivity index (χ0) is 12.6. The van der Waals surface area contributed by atoms with Crippen molar-refractivity contribution in [2.45, 2.75) is 45.6 Å². The Morgan fingerprint density at radius 1 is 1.31 bits per heavy atom. The SMILES string of the molecule is CCCNC(C)(CCN(C)CCC)C(N)=O. The molecule has 0 spiro atoms. The van der Waals surface area contributed by atoms with E-state index in [0.717, 1.165) is 38.9 Å². The van der Waals surface area contributed by atoms with Gasteiger partial charge in [0.25, 0.3) is 0 Å². The third-order valence-corrected chi connectivity index (χ3v) is 2.91. The van der Waals surface area contributed by atoms with Crippen molar-refractivity contribution < 1.29 is 4.79 Å². The number of carbonyl (C=O) groups is 1. The lowest BCUT2D eigenvalue weighted by molar-refractivity contribution is -0.124. The zero-order valence-electron chi connectivity index (χ0n) is 11.2. The number of hydrogen-bond acceptors (Lipinski definition) is 3. The molecule has 0 bridgehead atoms. The molecule has 1 atom stereocenters. The van der Waals surface area contributed by atoms with Crippen LogP contribution in [0.3, 0.4) is 0 Å². The van der Waals surface area contributed by atoms with E-state index >= 15 is 0 Å². The van der Waals surface area contributed by atoms with Crippen LogP contribution in [0.15, 0.2) is 0 Å². The standard InChI is InChI=1S/C12H27N3O/c1-5-8-14-12(3,11(13)16)7-10-15(4)9-6-2/h14H,5-10H2,1-4H3,(H2,13,16). The molecule has 3 N–H and O–H groups in total. The Balaban J connectivity index is 4.16. The molecular formula is C12H27N3O. The molecule has 0 heterocycles. The Bertz CT molecular complexity index is 208. The number of rotatable bonds is 9. The van der Waals surface area contributed by atoms with E-state index in [-0.39, 0.29) is 5.91 Å². The first-order valence-electron chi connectivity index (χ1n) is 6.19. The number of nitrogens with one attached hydrogen (secondary N) is 1. The quantitative estimate of drug-likeness (QED) is 0.619. The van der Waals surface area contributed by atoms with Crippen molar-refractivity contribution in [1.29, 1.82) is 0 Å². The molecule has 0 aliphatic heterocycles. The molecule has 96 valence electrons. The van der Waals surface area contributed by atoms with E-state index in [0.29, 0.717) is 0 Å². The normalized spacial score (nSPS) is 15.1. The van der Waals surface area contributed by atoms with E-state index in [2.05, 4.69) is 31.1 Å². The van der Waals surface area contributed by atoms with Gasteiger partial charge in [-0.3, -0.25) is 4.79 Å². The van der Waals surface area contributed by atoms with E-state index in [1.54, 1.807) is 0 Å². The van der Waals surface area contributed by atoms with Crippen molar-refractivity contribution in [2.24, 2.45) is 5.73 Å². The Morgan fingerprint density at radius 3 is 2.38 bits per heavy atom. The van der Waals surface area contributed by atoms with Crippen LogP contribution < -0.4 is 11.1 Å². The number of nitrogens with two attached hydrogens (primary N) is 1. The monoisotopic (exact) mass is 229 g/mol. The minimum Gasteiger partial charge on any atom is -0.368 e. The van der Waals surface area contributed by atoms with Gasteiger partial charge in [-0.1, -0.05) is 13.8 Å². The van der Waals surface area contributed by atoms with Gasteiger partial charge in [0.15, 0.2) is 0 Å². The minimum atomic E-state index is -0.571. The van der Waals surface area contributed by atoms with E-state index < -0.39 is 5.54 Å². The van der Waals surface area contributed by atoms with E-state index in [1.165, 1.54) is 0 Å². The maximum atomic E-state index is 11.4. The first kappa shape index (κ1) is 15.4. The molecule has 0 aromatic heterocycles. The van der Waals surface area contributed by atoms with Crippen LogP contribution in [0.5, 0.6) is 0 Å². The second-order valence-electron chi connectivity index (χ2n) is 4.68. The molecule has 0 aliphatic rings.